The van der Waals surface area contributed by atoms with Crippen LogP contribution in [0.1, 0.15) is 16.1 Å². The lowest BCUT2D eigenvalue weighted by Gasteiger charge is -2.00. The number of amides is 1. The van der Waals surface area contributed by atoms with Crippen molar-refractivity contribution in [3.63, 3.8) is 0 Å². The van der Waals surface area contributed by atoms with Crippen molar-refractivity contribution < 1.29 is 9.53 Å². The predicted molar refractivity (Wildman–Crippen MR) is 72.7 cm³/mol. The molecule has 0 aromatic carbocycles. The molecule has 6 nitrogen and oxygen atoms in total. The second-order valence-electron chi connectivity index (χ2n) is 3.36. The largest absolute Gasteiger partial charge is 0.383 e. The minimum absolute atomic E-state index is 0.220. The molecule has 4 N–H and O–H groups in total. The smallest absolute Gasteiger partial charge is 0.265 e. The third-order valence-corrected chi connectivity index (χ3v) is 3.02. The third kappa shape index (κ3) is 4.24. The molecular weight excluding hydrogens is 252 g/mol. The van der Waals surface area contributed by atoms with Crippen LogP contribution < -0.4 is 16.4 Å². The number of hydrogen-bond donors (Lipinski definition) is 3. The maximum Gasteiger partial charge on any atom is 0.265 e. The van der Waals surface area contributed by atoms with Crippen LogP contribution in [0.4, 0.5) is 10.9 Å². The number of nitrogens with two attached hydrogens (primary N) is 1. The molecule has 0 spiro atoms. The number of nitrogen functional groups attached to an aromatic ring is 1. The Balaban J connectivity index is 2.55. The monoisotopic (exact) mass is 268 g/mol. The number of methoxy groups -OCH3 is 1. The van der Waals surface area contributed by atoms with E-state index in [2.05, 4.69) is 21.5 Å². The fourth-order valence-corrected chi connectivity index (χ4v) is 1.99. The molecule has 0 radical (unpaired) electrons. The van der Waals surface area contributed by atoms with Crippen LogP contribution in [0.3, 0.4) is 0 Å². The summed E-state index contributed by atoms with van der Waals surface area (Å²) in [4.78, 5) is 16.2. The van der Waals surface area contributed by atoms with Crippen LogP contribution in [-0.4, -0.2) is 37.7 Å². The number of hydrogen-bond acceptors (Lipinski definition) is 6. The lowest BCUT2D eigenvalue weighted by atomic mass is 10.4. The van der Waals surface area contributed by atoms with Crippen LogP contribution in [0, 0.1) is 12.3 Å². The highest BCUT2D eigenvalue weighted by Crippen LogP contribution is 2.24. The SMILES string of the molecule is C#CCCNC(=O)c1sc(NCCOC)nc1N. The fourth-order valence-electron chi connectivity index (χ4n) is 1.16. The molecule has 1 aromatic heterocycles. The van der Waals surface area contributed by atoms with Gasteiger partial charge in [-0.15, -0.1) is 12.3 Å². The van der Waals surface area contributed by atoms with Crippen molar-refractivity contribution in [2.75, 3.05) is 37.9 Å². The molecule has 7 heteroatoms. The molecule has 1 amide bonds. The van der Waals surface area contributed by atoms with Crippen LogP contribution in [0.25, 0.3) is 0 Å². The average molecular weight is 268 g/mol. The number of nitrogens with one attached hydrogen (secondary N) is 2. The van der Waals surface area contributed by atoms with Crippen LogP contribution >= 0.6 is 11.3 Å². The molecule has 0 aliphatic rings. The number of aromatic nitrogens is 1. The summed E-state index contributed by atoms with van der Waals surface area (Å²) in [5.41, 5.74) is 5.68. The molecule has 1 heterocycles. The summed E-state index contributed by atoms with van der Waals surface area (Å²) in [6.45, 7) is 1.60. The fraction of sp³-hybridized carbons (Fsp3) is 0.455. The molecule has 1 aromatic rings. The van der Waals surface area contributed by atoms with E-state index in [0.717, 1.165) is 0 Å². The Bertz CT molecular complexity index is 439. The van der Waals surface area contributed by atoms with Gasteiger partial charge in [0, 0.05) is 26.6 Å². The molecule has 0 saturated carbocycles. The van der Waals surface area contributed by atoms with Gasteiger partial charge in [0.1, 0.15) is 10.7 Å². The summed E-state index contributed by atoms with van der Waals surface area (Å²) in [6.07, 6.45) is 5.59. The molecule has 18 heavy (non-hydrogen) atoms. The number of nitrogens with zero attached hydrogens (tertiary/aromatic N) is 1. The molecule has 0 fully saturated rings. The second kappa shape index (κ2) is 7.53. The van der Waals surface area contributed by atoms with Crippen molar-refractivity contribution >= 4 is 28.2 Å². The predicted octanol–water partition coefficient (Wildman–Crippen LogP) is 0.537. The molecule has 0 unspecified atom stereocenters. The number of ether oxygens (including phenoxy) is 1. The van der Waals surface area contributed by atoms with Crippen molar-refractivity contribution in [3.05, 3.63) is 4.88 Å². The van der Waals surface area contributed by atoms with Gasteiger partial charge in [-0.3, -0.25) is 4.79 Å². The Labute approximate surface area is 110 Å². The Kier molecular flexibility index (Phi) is 5.97. The van der Waals surface area contributed by atoms with Gasteiger partial charge >= 0.3 is 0 Å². The van der Waals surface area contributed by atoms with E-state index in [4.69, 9.17) is 16.9 Å². The summed E-state index contributed by atoms with van der Waals surface area (Å²) >= 11 is 1.21. The lowest BCUT2D eigenvalue weighted by Crippen LogP contribution is -2.24. The first-order valence-corrected chi connectivity index (χ1v) is 6.21. The molecule has 0 aliphatic carbocycles. The Morgan fingerprint density at radius 2 is 2.39 bits per heavy atom. The normalized spacial score (nSPS) is 9.78. The topological polar surface area (TPSA) is 89.3 Å². The van der Waals surface area contributed by atoms with Crippen molar-refractivity contribution in [1.82, 2.24) is 10.3 Å². The highest BCUT2D eigenvalue weighted by atomic mass is 32.1. The van der Waals surface area contributed by atoms with E-state index in [1.807, 2.05) is 0 Å². The minimum atomic E-state index is -0.250. The maximum absolute atomic E-state index is 11.7. The van der Waals surface area contributed by atoms with Crippen molar-refractivity contribution in [2.45, 2.75) is 6.42 Å². The van der Waals surface area contributed by atoms with Gasteiger partial charge in [-0.05, 0) is 0 Å². The van der Waals surface area contributed by atoms with Crippen molar-refractivity contribution in [3.8, 4) is 12.3 Å². The zero-order valence-corrected chi connectivity index (χ0v) is 11.0. The summed E-state index contributed by atoms with van der Waals surface area (Å²) in [7, 11) is 1.61. The summed E-state index contributed by atoms with van der Waals surface area (Å²) in [5.74, 6) is 2.41. The van der Waals surface area contributed by atoms with E-state index in [9.17, 15) is 4.79 Å². The maximum atomic E-state index is 11.7. The number of carbonyl (C=O) groups is 1. The highest BCUT2D eigenvalue weighted by molar-refractivity contribution is 7.18. The van der Waals surface area contributed by atoms with E-state index in [1.54, 1.807) is 7.11 Å². The standard InChI is InChI=1S/C11H16N4O2S/c1-3-4-5-13-10(16)8-9(12)15-11(18-8)14-6-7-17-2/h1H,4-7,12H2,2H3,(H,13,16)(H,14,15). The first kappa shape index (κ1) is 14.3. The van der Waals surface area contributed by atoms with Crippen LogP contribution in [0.2, 0.25) is 0 Å². The number of terminal acetylenes is 1. The molecule has 0 bridgehead atoms. The number of rotatable bonds is 7. The summed E-state index contributed by atoms with van der Waals surface area (Å²) in [5, 5.41) is 6.30. The molecule has 98 valence electrons. The number of anilines is 2. The Morgan fingerprint density at radius 3 is 3.06 bits per heavy atom. The second-order valence-corrected chi connectivity index (χ2v) is 4.36. The van der Waals surface area contributed by atoms with Gasteiger partial charge in [-0.1, -0.05) is 11.3 Å². The molecule has 0 saturated heterocycles. The van der Waals surface area contributed by atoms with Gasteiger partial charge in [0.2, 0.25) is 0 Å². The molecule has 0 aliphatic heterocycles. The summed E-state index contributed by atoms with van der Waals surface area (Å²) < 4.78 is 4.90. The zero-order chi connectivity index (χ0) is 13.4. The van der Waals surface area contributed by atoms with E-state index in [-0.39, 0.29) is 11.7 Å². The summed E-state index contributed by atoms with van der Waals surface area (Å²) in [6, 6.07) is 0. The van der Waals surface area contributed by atoms with Crippen molar-refractivity contribution in [1.29, 1.82) is 0 Å². The Hall–Kier alpha value is -1.78. The van der Waals surface area contributed by atoms with E-state index >= 15 is 0 Å². The average Bonchev–Trinajstić information content (AvgIpc) is 2.71. The zero-order valence-electron chi connectivity index (χ0n) is 10.2. The Morgan fingerprint density at radius 1 is 1.61 bits per heavy atom. The van der Waals surface area contributed by atoms with Crippen LogP contribution in [-0.2, 0) is 4.74 Å². The van der Waals surface area contributed by atoms with Crippen molar-refractivity contribution in [2.24, 2.45) is 0 Å². The molecule has 0 atom stereocenters. The third-order valence-electron chi connectivity index (χ3n) is 2.00. The lowest BCUT2D eigenvalue weighted by molar-refractivity contribution is 0.0959. The van der Waals surface area contributed by atoms with E-state index < -0.39 is 0 Å². The van der Waals surface area contributed by atoms with Gasteiger partial charge in [0.25, 0.3) is 5.91 Å². The van der Waals surface area contributed by atoms with Gasteiger partial charge in [0.05, 0.1) is 6.61 Å². The highest BCUT2D eigenvalue weighted by Gasteiger charge is 2.15. The molecular formula is C11H16N4O2S. The van der Waals surface area contributed by atoms with Gasteiger partial charge in [-0.2, -0.15) is 0 Å². The van der Waals surface area contributed by atoms with E-state index in [1.165, 1.54) is 11.3 Å². The first-order chi connectivity index (χ1) is 8.69. The number of thiazole rings is 1. The van der Waals surface area contributed by atoms with Gasteiger partial charge in [0.15, 0.2) is 5.13 Å². The molecule has 1 rings (SSSR count). The number of carbonyl (C=O) groups excluding carboxylic acids is 1. The van der Waals surface area contributed by atoms with Crippen LogP contribution in [0.5, 0.6) is 0 Å². The van der Waals surface area contributed by atoms with Gasteiger partial charge < -0.3 is 21.1 Å². The first-order valence-electron chi connectivity index (χ1n) is 5.39. The van der Waals surface area contributed by atoms with E-state index in [0.29, 0.717) is 36.1 Å². The van der Waals surface area contributed by atoms with Crippen LogP contribution in [0.15, 0.2) is 0 Å². The van der Waals surface area contributed by atoms with Gasteiger partial charge in [-0.25, -0.2) is 4.98 Å². The minimum Gasteiger partial charge on any atom is -0.383 e. The quantitative estimate of drug-likeness (QED) is 0.496.